The van der Waals surface area contributed by atoms with Gasteiger partial charge in [-0.25, -0.2) is 0 Å². The maximum absolute atomic E-state index is 11.1. The van der Waals surface area contributed by atoms with Crippen molar-refractivity contribution in [2.24, 2.45) is 5.92 Å². The summed E-state index contributed by atoms with van der Waals surface area (Å²) in [5.74, 6) is 1.36. The van der Waals surface area contributed by atoms with Crippen molar-refractivity contribution >= 4 is 5.78 Å². The second-order valence-electron chi connectivity index (χ2n) is 5.00. The molecule has 1 saturated heterocycles. The first-order valence-electron chi connectivity index (χ1n) is 6.01. The predicted molar refractivity (Wildman–Crippen MR) is 57.2 cm³/mol. The molecule has 1 aliphatic heterocycles. The van der Waals surface area contributed by atoms with Crippen molar-refractivity contribution in [1.29, 1.82) is 0 Å². The Morgan fingerprint density at radius 1 is 1.21 bits per heavy atom. The maximum Gasteiger partial charge on any atom is 0.135 e. The number of rotatable bonds is 1. The van der Waals surface area contributed by atoms with E-state index in [2.05, 4.69) is 11.8 Å². The predicted octanol–water partition coefficient (Wildman–Crippen LogP) is 2.23. The van der Waals surface area contributed by atoms with Gasteiger partial charge in [0, 0.05) is 32.0 Å². The number of piperidine rings is 1. The fourth-order valence-corrected chi connectivity index (χ4v) is 2.87. The van der Waals surface area contributed by atoms with Crippen LogP contribution in [0, 0.1) is 5.92 Å². The van der Waals surface area contributed by atoms with Crippen LogP contribution in [0.5, 0.6) is 0 Å². The molecule has 0 spiro atoms. The number of Topliss-reactive ketones (excluding diaryl/α,β-unsaturated/α-hetero) is 1. The quantitative estimate of drug-likeness (QED) is 0.639. The number of carbonyl (C=O) groups excluding carboxylic acids is 1. The normalized spacial score (nSPS) is 35.9. The lowest BCUT2D eigenvalue weighted by molar-refractivity contribution is -0.122. The Balaban J connectivity index is 1.85. The summed E-state index contributed by atoms with van der Waals surface area (Å²) in [7, 11) is 0. The molecule has 1 heterocycles. The molecule has 0 aromatic rings. The molecule has 2 aliphatic rings. The van der Waals surface area contributed by atoms with Crippen molar-refractivity contribution in [2.75, 3.05) is 13.1 Å². The monoisotopic (exact) mass is 195 g/mol. The van der Waals surface area contributed by atoms with Gasteiger partial charge in [-0.3, -0.25) is 9.69 Å². The molecule has 2 fully saturated rings. The molecule has 0 unspecified atom stereocenters. The molecule has 0 radical (unpaired) electrons. The molecule has 2 atom stereocenters. The molecule has 2 heteroatoms. The van der Waals surface area contributed by atoms with Gasteiger partial charge in [-0.15, -0.1) is 0 Å². The van der Waals surface area contributed by atoms with Gasteiger partial charge >= 0.3 is 0 Å². The first-order chi connectivity index (χ1) is 6.75. The molecular weight excluding hydrogens is 174 g/mol. The Hall–Kier alpha value is -0.370. The molecular formula is C12H21NO. The molecule has 80 valence electrons. The summed E-state index contributed by atoms with van der Waals surface area (Å²) in [6.07, 6.45) is 7.10. The highest BCUT2D eigenvalue weighted by atomic mass is 16.1. The zero-order chi connectivity index (χ0) is 9.97. The van der Waals surface area contributed by atoms with Gasteiger partial charge in [-0.1, -0.05) is 19.8 Å². The van der Waals surface area contributed by atoms with E-state index in [1.165, 1.54) is 25.7 Å². The van der Waals surface area contributed by atoms with Gasteiger partial charge in [-0.2, -0.15) is 0 Å². The minimum absolute atomic E-state index is 0.463. The van der Waals surface area contributed by atoms with Crippen molar-refractivity contribution in [2.45, 2.75) is 51.5 Å². The van der Waals surface area contributed by atoms with Crippen LogP contribution < -0.4 is 0 Å². The van der Waals surface area contributed by atoms with Crippen LogP contribution in [0.25, 0.3) is 0 Å². The van der Waals surface area contributed by atoms with Crippen molar-refractivity contribution in [3.63, 3.8) is 0 Å². The number of likely N-dealkylation sites (tertiary alicyclic amines) is 1. The minimum atomic E-state index is 0.463. The lowest BCUT2D eigenvalue weighted by Crippen LogP contribution is -2.43. The van der Waals surface area contributed by atoms with Gasteiger partial charge in [0.2, 0.25) is 0 Å². The van der Waals surface area contributed by atoms with Crippen molar-refractivity contribution in [3.8, 4) is 0 Å². The highest BCUT2D eigenvalue weighted by Gasteiger charge is 2.27. The number of hydrogen-bond donors (Lipinski definition) is 0. The van der Waals surface area contributed by atoms with Gasteiger partial charge < -0.3 is 0 Å². The lowest BCUT2D eigenvalue weighted by atomic mass is 9.85. The summed E-state index contributed by atoms with van der Waals surface area (Å²) < 4.78 is 0. The van der Waals surface area contributed by atoms with E-state index in [0.717, 1.165) is 37.9 Å². The van der Waals surface area contributed by atoms with E-state index in [4.69, 9.17) is 0 Å². The Bertz CT molecular complexity index is 204. The second kappa shape index (κ2) is 4.43. The Labute approximate surface area is 86.7 Å². The molecule has 2 nitrogen and oxygen atoms in total. The van der Waals surface area contributed by atoms with E-state index in [0.29, 0.717) is 5.78 Å². The van der Waals surface area contributed by atoms with E-state index in [1.807, 2.05) is 0 Å². The average molecular weight is 195 g/mol. The van der Waals surface area contributed by atoms with E-state index < -0.39 is 0 Å². The summed E-state index contributed by atoms with van der Waals surface area (Å²) in [5.41, 5.74) is 0. The second-order valence-corrected chi connectivity index (χ2v) is 5.00. The summed E-state index contributed by atoms with van der Waals surface area (Å²) in [6, 6.07) is 0.784. The van der Waals surface area contributed by atoms with Crippen LogP contribution in [-0.4, -0.2) is 29.8 Å². The third kappa shape index (κ3) is 2.35. The molecule has 0 aromatic carbocycles. The largest absolute Gasteiger partial charge is 0.300 e. The highest BCUT2D eigenvalue weighted by Crippen LogP contribution is 2.28. The lowest BCUT2D eigenvalue weighted by Gasteiger charge is -2.38. The molecule has 1 saturated carbocycles. The minimum Gasteiger partial charge on any atom is -0.300 e. The topological polar surface area (TPSA) is 20.3 Å². The van der Waals surface area contributed by atoms with Gasteiger partial charge in [0.1, 0.15) is 5.78 Å². The van der Waals surface area contributed by atoms with Crippen LogP contribution >= 0.6 is 0 Å². The van der Waals surface area contributed by atoms with Gasteiger partial charge in [0.25, 0.3) is 0 Å². The molecule has 1 aliphatic carbocycles. The first-order valence-corrected chi connectivity index (χ1v) is 6.01. The summed E-state index contributed by atoms with van der Waals surface area (Å²) in [5, 5.41) is 0. The number of nitrogens with zero attached hydrogens (tertiary/aromatic N) is 1. The van der Waals surface area contributed by atoms with E-state index in [9.17, 15) is 4.79 Å². The van der Waals surface area contributed by atoms with Crippen molar-refractivity contribution in [3.05, 3.63) is 0 Å². The summed E-state index contributed by atoms with van der Waals surface area (Å²) >= 11 is 0. The SMILES string of the molecule is C[C@H]1CCC[C@H](N2CCC(=O)CC2)C1. The molecule has 2 rings (SSSR count). The van der Waals surface area contributed by atoms with Gasteiger partial charge in [0.15, 0.2) is 0 Å². The zero-order valence-electron chi connectivity index (χ0n) is 9.17. The molecule has 0 N–H and O–H groups in total. The molecule has 0 amide bonds. The molecule has 0 aromatic heterocycles. The standard InChI is InChI=1S/C12H21NO/c1-10-3-2-4-11(9-10)13-7-5-12(14)6-8-13/h10-11H,2-9H2,1H3/t10-,11-/m0/s1. The average Bonchev–Trinajstić information content (AvgIpc) is 2.19. The van der Waals surface area contributed by atoms with E-state index in [-0.39, 0.29) is 0 Å². The fourth-order valence-electron chi connectivity index (χ4n) is 2.87. The smallest absolute Gasteiger partial charge is 0.135 e. The fraction of sp³-hybridized carbons (Fsp3) is 0.917. The Kier molecular flexibility index (Phi) is 3.22. The first kappa shape index (κ1) is 10.2. The molecule has 0 bridgehead atoms. The van der Waals surface area contributed by atoms with E-state index >= 15 is 0 Å². The third-order valence-corrected chi connectivity index (χ3v) is 3.78. The zero-order valence-corrected chi connectivity index (χ0v) is 9.17. The molecule has 14 heavy (non-hydrogen) atoms. The van der Waals surface area contributed by atoms with Crippen LogP contribution in [0.3, 0.4) is 0 Å². The van der Waals surface area contributed by atoms with Crippen LogP contribution in [0.15, 0.2) is 0 Å². The van der Waals surface area contributed by atoms with Crippen LogP contribution in [0.2, 0.25) is 0 Å². The van der Waals surface area contributed by atoms with Crippen LogP contribution in [0.4, 0.5) is 0 Å². The number of carbonyl (C=O) groups is 1. The number of hydrogen-bond acceptors (Lipinski definition) is 2. The Morgan fingerprint density at radius 3 is 2.57 bits per heavy atom. The summed E-state index contributed by atoms with van der Waals surface area (Å²) in [6.45, 7) is 4.41. The van der Waals surface area contributed by atoms with Crippen molar-refractivity contribution < 1.29 is 4.79 Å². The van der Waals surface area contributed by atoms with Crippen LogP contribution in [-0.2, 0) is 4.79 Å². The van der Waals surface area contributed by atoms with Gasteiger partial charge in [0.05, 0.1) is 0 Å². The Morgan fingerprint density at radius 2 is 1.93 bits per heavy atom. The number of ketones is 1. The maximum atomic E-state index is 11.1. The van der Waals surface area contributed by atoms with Crippen LogP contribution in [0.1, 0.15) is 45.4 Å². The third-order valence-electron chi connectivity index (χ3n) is 3.78. The van der Waals surface area contributed by atoms with Crippen molar-refractivity contribution in [1.82, 2.24) is 4.90 Å². The van der Waals surface area contributed by atoms with E-state index in [1.54, 1.807) is 0 Å². The highest BCUT2D eigenvalue weighted by molar-refractivity contribution is 5.79. The van der Waals surface area contributed by atoms with Gasteiger partial charge in [-0.05, 0) is 18.8 Å². The summed E-state index contributed by atoms with van der Waals surface area (Å²) in [4.78, 5) is 13.7.